The summed E-state index contributed by atoms with van der Waals surface area (Å²) in [5, 5.41) is 7.47. The van der Waals surface area contributed by atoms with Crippen LogP contribution in [0, 0.1) is 6.92 Å². The third kappa shape index (κ3) is 5.76. The van der Waals surface area contributed by atoms with E-state index in [-0.39, 0.29) is 42.8 Å². The number of carbonyl (C=O) groups is 1. The minimum absolute atomic E-state index is 0. The van der Waals surface area contributed by atoms with Gasteiger partial charge in [-0.05, 0) is 46.3 Å². The number of aryl methyl sites for hydroxylation is 1. The molecule has 8 heteroatoms. The first-order valence-electron chi connectivity index (χ1n) is 7.21. The smallest absolute Gasteiger partial charge is 0.269 e. The fourth-order valence-electron chi connectivity index (χ4n) is 2.60. The Kier molecular flexibility index (Phi) is 9.00. The summed E-state index contributed by atoms with van der Waals surface area (Å²) in [6, 6.07) is 2.27. The number of hydrogen-bond donors (Lipinski definition) is 2. The predicted octanol–water partition coefficient (Wildman–Crippen LogP) is 1.21. The van der Waals surface area contributed by atoms with Gasteiger partial charge in [-0.15, -0.1) is 24.8 Å². The first-order valence-corrected chi connectivity index (χ1v) is 7.21. The van der Waals surface area contributed by atoms with Gasteiger partial charge in [-0.2, -0.15) is 5.10 Å². The Hall–Kier alpha value is -0.820. The Balaban J connectivity index is 0.00000220. The lowest BCUT2D eigenvalue weighted by molar-refractivity contribution is 0.0926. The zero-order valence-corrected chi connectivity index (χ0v) is 15.0. The summed E-state index contributed by atoms with van der Waals surface area (Å²) in [6.07, 6.45) is 2.83. The Morgan fingerprint density at radius 2 is 2.14 bits per heavy atom. The molecule has 1 aromatic rings. The van der Waals surface area contributed by atoms with Crippen LogP contribution in [0.3, 0.4) is 0 Å². The van der Waals surface area contributed by atoms with Crippen LogP contribution in [0.25, 0.3) is 0 Å². The average Bonchev–Trinajstić information content (AvgIpc) is 2.93. The first-order chi connectivity index (χ1) is 9.45. The molecule has 1 amide bonds. The third-order valence-electron chi connectivity index (χ3n) is 3.70. The molecule has 2 rings (SSSR count). The zero-order chi connectivity index (χ0) is 14.7. The second kappa shape index (κ2) is 9.35. The second-order valence-corrected chi connectivity index (χ2v) is 5.94. The lowest BCUT2D eigenvalue weighted by Gasteiger charge is -2.14. The second-order valence-electron chi connectivity index (χ2n) is 5.94. The number of halogens is 2. The summed E-state index contributed by atoms with van der Waals surface area (Å²) < 4.78 is 1.79. The van der Waals surface area contributed by atoms with Gasteiger partial charge in [-0.3, -0.25) is 9.48 Å². The molecule has 22 heavy (non-hydrogen) atoms. The van der Waals surface area contributed by atoms with Crippen LogP contribution in [0.4, 0.5) is 0 Å². The highest BCUT2D eigenvalue weighted by Gasteiger charge is 2.24. The summed E-state index contributed by atoms with van der Waals surface area (Å²) in [5.41, 5.74) is 7.40. The molecule has 1 heterocycles. The summed E-state index contributed by atoms with van der Waals surface area (Å²) in [5.74, 6) is -0.0385. The molecule has 0 saturated heterocycles. The zero-order valence-electron chi connectivity index (χ0n) is 13.4. The standard InChI is InChI=1S/C14H25N5O.2ClH/c1-10-8-13(19(17-10)7-6-18(2)3)14(20)16-12-5-4-11(15)9-12;;/h8,11-12H,4-7,9,15H2,1-3H3,(H,16,20);2*1H/t11-,12-;;/m1../s1. The molecule has 1 saturated carbocycles. The van der Waals surface area contributed by atoms with E-state index in [1.54, 1.807) is 4.68 Å². The Labute approximate surface area is 144 Å². The van der Waals surface area contributed by atoms with Gasteiger partial charge < -0.3 is 16.0 Å². The van der Waals surface area contributed by atoms with Crippen molar-refractivity contribution in [1.82, 2.24) is 20.0 Å². The van der Waals surface area contributed by atoms with Gasteiger partial charge in [0.25, 0.3) is 5.91 Å². The Bertz CT molecular complexity index is 478. The Morgan fingerprint density at radius 3 is 2.68 bits per heavy atom. The van der Waals surface area contributed by atoms with Crippen molar-refractivity contribution < 1.29 is 4.79 Å². The van der Waals surface area contributed by atoms with Crippen molar-refractivity contribution in [2.45, 2.75) is 44.8 Å². The highest BCUT2D eigenvalue weighted by molar-refractivity contribution is 5.92. The molecule has 1 aliphatic carbocycles. The van der Waals surface area contributed by atoms with Crippen LogP contribution in [0.2, 0.25) is 0 Å². The maximum absolute atomic E-state index is 12.4. The van der Waals surface area contributed by atoms with E-state index in [1.807, 2.05) is 27.1 Å². The maximum Gasteiger partial charge on any atom is 0.269 e. The van der Waals surface area contributed by atoms with E-state index in [0.717, 1.165) is 31.5 Å². The fourth-order valence-corrected chi connectivity index (χ4v) is 2.60. The van der Waals surface area contributed by atoms with Gasteiger partial charge in [-0.25, -0.2) is 0 Å². The van der Waals surface area contributed by atoms with Crippen LogP contribution in [0.15, 0.2) is 6.07 Å². The van der Waals surface area contributed by atoms with Crippen molar-refractivity contribution in [2.24, 2.45) is 5.73 Å². The number of rotatable bonds is 5. The van der Waals surface area contributed by atoms with E-state index < -0.39 is 0 Å². The van der Waals surface area contributed by atoms with Gasteiger partial charge in [0.15, 0.2) is 0 Å². The van der Waals surface area contributed by atoms with Crippen LogP contribution < -0.4 is 11.1 Å². The monoisotopic (exact) mass is 351 g/mol. The van der Waals surface area contributed by atoms with Gasteiger partial charge in [0, 0.05) is 18.6 Å². The van der Waals surface area contributed by atoms with Crippen LogP contribution in [0.5, 0.6) is 0 Å². The number of amides is 1. The van der Waals surface area contributed by atoms with Crippen molar-refractivity contribution in [2.75, 3.05) is 20.6 Å². The van der Waals surface area contributed by atoms with Crippen LogP contribution in [-0.4, -0.2) is 53.3 Å². The molecule has 0 bridgehead atoms. The van der Waals surface area contributed by atoms with Gasteiger partial charge in [0.1, 0.15) is 5.69 Å². The van der Waals surface area contributed by atoms with E-state index in [2.05, 4.69) is 15.3 Å². The number of nitrogens with one attached hydrogen (secondary N) is 1. The molecule has 1 fully saturated rings. The molecule has 6 nitrogen and oxygen atoms in total. The quantitative estimate of drug-likeness (QED) is 0.835. The van der Waals surface area contributed by atoms with Gasteiger partial charge in [0.2, 0.25) is 0 Å². The van der Waals surface area contributed by atoms with Crippen molar-refractivity contribution in [3.8, 4) is 0 Å². The number of nitrogens with two attached hydrogens (primary N) is 1. The predicted molar refractivity (Wildman–Crippen MR) is 93.1 cm³/mol. The van der Waals surface area contributed by atoms with Crippen molar-refractivity contribution in [1.29, 1.82) is 0 Å². The van der Waals surface area contributed by atoms with Crippen molar-refractivity contribution in [3.05, 3.63) is 17.5 Å². The molecule has 1 aliphatic rings. The molecule has 0 unspecified atom stereocenters. The molecule has 3 N–H and O–H groups in total. The SMILES string of the molecule is Cc1cc(C(=O)N[C@@H]2CC[C@@H](N)C2)n(CCN(C)C)n1.Cl.Cl. The summed E-state index contributed by atoms with van der Waals surface area (Å²) in [7, 11) is 4.02. The lowest BCUT2D eigenvalue weighted by atomic mass is 10.2. The van der Waals surface area contributed by atoms with E-state index in [0.29, 0.717) is 12.2 Å². The molecule has 0 aromatic carbocycles. The fraction of sp³-hybridized carbons (Fsp3) is 0.714. The summed E-state index contributed by atoms with van der Waals surface area (Å²) in [6.45, 7) is 3.48. The van der Waals surface area contributed by atoms with E-state index in [4.69, 9.17) is 5.73 Å². The Morgan fingerprint density at radius 1 is 1.45 bits per heavy atom. The molecular formula is C14H27Cl2N5O. The van der Waals surface area contributed by atoms with Crippen LogP contribution in [-0.2, 0) is 6.54 Å². The highest BCUT2D eigenvalue weighted by Crippen LogP contribution is 2.17. The molecule has 2 atom stereocenters. The van der Waals surface area contributed by atoms with E-state index >= 15 is 0 Å². The number of hydrogen-bond acceptors (Lipinski definition) is 4. The van der Waals surface area contributed by atoms with Crippen LogP contribution in [0.1, 0.15) is 35.4 Å². The van der Waals surface area contributed by atoms with E-state index in [1.165, 1.54) is 0 Å². The highest BCUT2D eigenvalue weighted by atomic mass is 35.5. The van der Waals surface area contributed by atoms with E-state index in [9.17, 15) is 4.79 Å². The number of nitrogens with zero attached hydrogens (tertiary/aromatic N) is 3. The number of aromatic nitrogens is 2. The summed E-state index contributed by atoms with van der Waals surface area (Å²) in [4.78, 5) is 14.4. The molecule has 0 radical (unpaired) electrons. The van der Waals surface area contributed by atoms with Gasteiger partial charge >= 0.3 is 0 Å². The van der Waals surface area contributed by atoms with Gasteiger partial charge in [-0.1, -0.05) is 0 Å². The molecular weight excluding hydrogens is 325 g/mol. The summed E-state index contributed by atoms with van der Waals surface area (Å²) >= 11 is 0. The van der Waals surface area contributed by atoms with Crippen molar-refractivity contribution >= 4 is 30.7 Å². The minimum Gasteiger partial charge on any atom is -0.348 e. The molecule has 0 spiro atoms. The molecule has 128 valence electrons. The number of likely N-dealkylation sites (N-methyl/N-ethyl adjacent to an activating group) is 1. The third-order valence-corrected chi connectivity index (χ3v) is 3.70. The van der Waals surface area contributed by atoms with Gasteiger partial charge in [0.05, 0.1) is 12.2 Å². The molecule has 1 aromatic heterocycles. The first kappa shape index (κ1) is 21.2. The largest absolute Gasteiger partial charge is 0.348 e. The minimum atomic E-state index is -0.0385. The normalized spacial score (nSPS) is 20.4. The average molecular weight is 352 g/mol. The topological polar surface area (TPSA) is 76.2 Å². The van der Waals surface area contributed by atoms with Crippen molar-refractivity contribution in [3.63, 3.8) is 0 Å². The maximum atomic E-state index is 12.4. The van der Waals surface area contributed by atoms with Crippen LogP contribution >= 0.6 is 24.8 Å². The number of carbonyl (C=O) groups excluding carboxylic acids is 1. The molecule has 0 aliphatic heterocycles. The lowest BCUT2D eigenvalue weighted by Crippen LogP contribution is -2.35.